The molecule has 3 rings (SSSR count). The summed E-state index contributed by atoms with van der Waals surface area (Å²) in [4.78, 5) is 0. The molecule has 2 aromatic carbocycles. The molecule has 0 aliphatic heterocycles. The van der Waals surface area contributed by atoms with Crippen molar-refractivity contribution in [3.63, 3.8) is 0 Å². The maximum atomic E-state index is 9.85. The Balaban J connectivity index is 1.78. The lowest BCUT2D eigenvalue weighted by atomic mass is 10.0. The summed E-state index contributed by atoms with van der Waals surface area (Å²) in [7, 11) is 0. The lowest BCUT2D eigenvalue weighted by Crippen LogP contribution is -1.89. The lowest BCUT2D eigenvalue weighted by molar-refractivity contribution is 0.458. The van der Waals surface area contributed by atoms with Crippen LogP contribution in [0.3, 0.4) is 0 Å². The van der Waals surface area contributed by atoms with Gasteiger partial charge in [0.25, 0.3) is 0 Å². The van der Waals surface area contributed by atoms with Gasteiger partial charge in [0, 0.05) is 5.56 Å². The molecular formula is C18H20O2. The molecule has 1 aliphatic carbocycles. The van der Waals surface area contributed by atoms with E-state index < -0.39 is 0 Å². The minimum Gasteiger partial charge on any atom is -0.508 e. The van der Waals surface area contributed by atoms with Gasteiger partial charge < -0.3 is 9.84 Å². The predicted octanol–water partition coefficient (Wildman–Crippen LogP) is 5.19. The SMILES string of the molecule is CC(C)c1ccc(Oc2ccc(O)c(C3CC3)c2)cc1. The van der Waals surface area contributed by atoms with Crippen LogP contribution in [0.2, 0.25) is 0 Å². The molecule has 1 saturated carbocycles. The van der Waals surface area contributed by atoms with Crippen molar-refractivity contribution in [2.45, 2.75) is 38.5 Å². The smallest absolute Gasteiger partial charge is 0.127 e. The second kappa shape index (κ2) is 5.20. The molecule has 1 N–H and O–H groups in total. The summed E-state index contributed by atoms with van der Waals surface area (Å²) >= 11 is 0. The fraction of sp³-hybridized carbons (Fsp3) is 0.333. The monoisotopic (exact) mass is 268 g/mol. The van der Waals surface area contributed by atoms with E-state index in [2.05, 4.69) is 26.0 Å². The maximum absolute atomic E-state index is 9.85. The van der Waals surface area contributed by atoms with Crippen molar-refractivity contribution in [2.75, 3.05) is 0 Å². The van der Waals surface area contributed by atoms with Gasteiger partial charge in [0.2, 0.25) is 0 Å². The molecule has 2 heteroatoms. The first-order valence-corrected chi connectivity index (χ1v) is 7.24. The maximum Gasteiger partial charge on any atom is 0.127 e. The van der Waals surface area contributed by atoms with Gasteiger partial charge in [-0.05, 0) is 60.6 Å². The van der Waals surface area contributed by atoms with Crippen molar-refractivity contribution < 1.29 is 9.84 Å². The van der Waals surface area contributed by atoms with Gasteiger partial charge in [0.15, 0.2) is 0 Å². The number of hydrogen-bond acceptors (Lipinski definition) is 2. The Kier molecular flexibility index (Phi) is 3.39. The summed E-state index contributed by atoms with van der Waals surface area (Å²) in [5.74, 6) is 3.06. The molecule has 0 atom stereocenters. The first-order valence-electron chi connectivity index (χ1n) is 7.24. The Morgan fingerprint density at radius 2 is 1.65 bits per heavy atom. The molecular weight excluding hydrogens is 248 g/mol. The average molecular weight is 268 g/mol. The van der Waals surface area contributed by atoms with Crippen LogP contribution in [0.5, 0.6) is 17.2 Å². The molecule has 0 spiro atoms. The predicted molar refractivity (Wildman–Crippen MR) is 80.7 cm³/mol. The number of phenols is 1. The van der Waals surface area contributed by atoms with E-state index in [4.69, 9.17) is 4.74 Å². The molecule has 2 aromatic rings. The number of ether oxygens (including phenoxy) is 1. The van der Waals surface area contributed by atoms with Gasteiger partial charge in [0.1, 0.15) is 17.2 Å². The van der Waals surface area contributed by atoms with E-state index >= 15 is 0 Å². The van der Waals surface area contributed by atoms with Crippen molar-refractivity contribution in [3.05, 3.63) is 53.6 Å². The highest BCUT2D eigenvalue weighted by atomic mass is 16.5. The molecule has 20 heavy (non-hydrogen) atoms. The molecule has 0 heterocycles. The minimum absolute atomic E-state index is 0.384. The molecule has 0 amide bonds. The Hall–Kier alpha value is -1.96. The van der Waals surface area contributed by atoms with Crippen LogP contribution >= 0.6 is 0 Å². The minimum atomic E-state index is 0.384. The first-order chi connectivity index (χ1) is 9.63. The van der Waals surface area contributed by atoms with E-state index in [1.165, 1.54) is 18.4 Å². The Morgan fingerprint density at radius 3 is 2.25 bits per heavy atom. The highest BCUT2D eigenvalue weighted by Crippen LogP contribution is 2.45. The Bertz CT molecular complexity index is 595. The zero-order valence-electron chi connectivity index (χ0n) is 12.0. The number of rotatable bonds is 4. The molecule has 1 aliphatic rings. The fourth-order valence-electron chi connectivity index (χ4n) is 2.37. The number of benzene rings is 2. The van der Waals surface area contributed by atoms with Crippen LogP contribution in [-0.2, 0) is 0 Å². The summed E-state index contributed by atoms with van der Waals surface area (Å²) < 4.78 is 5.88. The van der Waals surface area contributed by atoms with Gasteiger partial charge >= 0.3 is 0 Å². The standard InChI is InChI=1S/C18H20O2/c1-12(2)13-5-7-15(8-6-13)20-16-9-10-18(19)17(11-16)14-3-4-14/h5-12,14,19H,3-4H2,1-2H3. The third-order valence-corrected chi connectivity index (χ3v) is 3.80. The van der Waals surface area contributed by atoms with Gasteiger partial charge in [-0.15, -0.1) is 0 Å². The summed E-state index contributed by atoms with van der Waals surface area (Å²) in [6, 6.07) is 13.7. The van der Waals surface area contributed by atoms with Gasteiger partial charge in [-0.25, -0.2) is 0 Å². The number of hydrogen-bond donors (Lipinski definition) is 1. The van der Waals surface area contributed by atoms with Gasteiger partial charge in [-0.1, -0.05) is 26.0 Å². The van der Waals surface area contributed by atoms with E-state index in [-0.39, 0.29) is 0 Å². The van der Waals surface area contributed by atoms with Gasteiger partial charge in [-0.2, -0.15) is 0 Å². The summed E-state index contributed by atoms with van der Waals surface area (Å²) in [6.45, 7) is 4.36. The highest BCUT2D eigenvalue weighted by Gasteiger charge is 2.26. The zero-order chi connectivity index (χ0) is 14.1. The third-order valence-electron chi connectivity index (χ3n) is 3.80. The van der Waals surface area contributed by atoms with Crippen molar-refractivity contribution in [1.29, 1.82) is 0 Å². The van der Waals surface area contributed by atoms with Crippen LogP contribution in [0, 0.1) is 0 Å². The molecule has 104 valence electrons. The van der Waals surface area contributed by atoms with Crippen molar-refractivity contribution >= 4 is 0 Å². The molecule has 0 bridgehead atoms. The second-order valence-corrected chi connectivity index (χ2v) is 5.82. The lowest BCUT2D eigenvalue weighted by Gasteiger charge is -2.10. The van der Waals surface area contributed by atoms with E-state index in [1.54, 1.807) is 6.07 Å². The van der Waals surface area contributed by atoms with E-state index in [0.29, 0.717) is 17.6 Å². The third kappa shape index (κ3) is 2.79. The molecule has 0 aromatic heterocycles. The second-order valence-electron chi connectivity index (χ2n) is 5.82. The van der Waals surface area contributed by atoms with Crippen molar-refractivity contribution in [1.82, 2.24) is 0 Å². The fourth-order valence-corrected chi connectivity index (χ4v) is 2.37. The van der Waals surface area contributed by atoms with Crippen LogP contribution in [0.4, 0.5) is 0 Å². The highest BCUT2D eigenvalue weighted by molar-refractivity contribution is 5.45. The quantitative estimate of drug-likeness (QED) is 0.827. The van der Waals surface area contributed by atoms with Crippen LogP contribution < -0.4 is 4.74 Å². The van der Waals surface area contributed by atoms with Crippen LogP contribution in [0.1, 0.15) is 49.7 Å². The van der Waals surface area contributed by atoms with Gasteiger partial charge in [-0.3, -0.25) is 0 Å². The number of aromatic hydroxyl groups is 1. The molecule has 0 saturated heterocycles. The van der Waals surface area contributed by atoms with E-state index in [9.17, 15) is 5.11 Å². The summed E-state index contributed by atoms with van der Waals surface area (Å²) in [6.07, 6.45) is 2.33. The molecule has 0 unspecified atom stereocenters. The largest absolute Gasteiger partial charge is 0.508 e. The molecule has 1 fully saturated rings. The van der Waals surface area contributed by atoms with Crippen LogP contribution in [0.15, 0.2) is 42.5 Å². The Labute approximate surface area is 120 Å². The van der Waals surface area contributed by atoms with E-state index in [0.717, 1.165) is 17.1 Å². The van der Waals surface area contributed by atoms with Crippen LogP contribution in [0.25, 0.3) is 0 Å². The van der Waals surface area contributed by atoms with E-state index in [1.807, 2.05) is 24.3 Å². The topological polar surface area (TPSA) is 29.5 Å². The zero-order valence-corrected chi connectivity index (χ0v) is 12.0. The summed E-state index contributed by atoms with van der Waals surface area (Å²) in [5, 5.41) is 9.85. The van der Waals surface area contributed by atoms with Crippen molar-refractivity contribution in [3.8, 4) is 17.2 Å². The van der Waals surface area contributed by atoms with Gasteiger partial charge in [0.05, 0.1) is 0 Å². The summed E-state index contributed by atoms with van der Waals surface area (Å²) in [5.41, 5.74) is 2.32. The molecule has 2 nitrogen and oxygen atoms in total. The van der Waals surface area contributed by atoms with Crippen molar-refractivity contribution in [2.24, 2.45) is 0 Å². The Morgan fingerprint density at radius 1 is 1.00 bits per heavy atom. The first kappa shape index (κ1) is 13.0. The average Bonchev–Trinajstić information content (AvgIpc) is 3.26. The normalized spacial score (nSPS) is 14.6. The number of phenolic OH excluding ortho intramolecular Hbond substituents is 1. The van der Waals surface area contributed by atoms with Crippen LogP contribution in [-0.4, -0.2) is 5.11 Å². The molecule has 0 radical (unpaired) electrons.